The molecule has 1 rings (SSSR count). The van der Waals surface area contributed by atoms with E-state index in [0.29, 0.717) is 18.4 Å². The van der Waals surface area contributed by atoms with Crippen LogP contribution in [0.2, 0.25) is 0 Å². The molecule has 4 heteroatoms. The van der Waals surface area contributed by atoms with Crippen LogP contribution >= 0.6 is 0 Å². The average molecular weight is 283 g/mol. The first-order chi connectivity index (χ1) is 9.49. The maximum absolute atomic E-state index is 11.8. The summed E-state index contributed by atoms with van der Waals surface area (Å²) in [5.74, 6) is 0.878. The number of rotatable bonds is 8. The molecule has 0 spiro atoms. The van der Waals surface area contributed by atoms with E-state index in [-0.39, 0.29) is 11.9 Å². The minimum Gasteiger partial charge on any atom is -0.354 e. The molecule has 1 fully saturated rings. The zero-order valence-electron chi connectivity index (χ0n) is 13.7. The van der Waals surface area contributed by atoms with E-state index in [9.17, 15) is 4.79 Å². The Morgan fingerprint density at radius 1 is 1.25 bits per heavy atom. The summed E-state index contributed by atoms with van der Waals surface area (Å²) in [5.41, 5.74) is 0. The van der Waals surface area contributed by atoms with Crippen molar-refractivity contribution in [1.29, 1.82) is 0 Å². The highest BCUT2D eigenvalue weighted by atomic mass is 16.1. The van der Waals surface area contributed by atoms with Gasteiger partial charge in [-0.3, -0.25) is 9.69 Å². The SMILES string of the molecule is CC(C)CNCC1CCCCN1CCC(=O)NC(C)C. The number of nitrogens with zero attached hydrogens (tertiary/aromatic N) is 1. The molecule has 0 aromatic heterocycles. The maximum Gasteiger partial charge on any atom is 0.221 e. The van der Waals surface area contributed by atoms with Crippen LogP contribution in [0, 0.1) is 5.92 Å². The summed E-state index contributed by atoms with van der Waals surface area (Å²) in [6, 6.07) is 0.849. The minimum absolute atomic E-state index is 0.180. The van der Waals surface area contributed by atoms with E-state index in [1.807, 2.05) is 13.8 Å². The molecule has 0 radical (unpaired) electrons. The van der Waals surface area contributed by atoms with Gasteiger partial charge in [-0.1, -0.05) is 20.3 Å². The van der Waals surface area contributed by atoms with Crippen molar-refractivity contribution in [3.63, 3.8) is 0 Å². The van der Waals surface area contributed by atoms with Gasteiger partial charge in [0, 0.05) is 31.6 Å². The van der Waals surface area contributed by atoms with Gasteiger partial charge in [0.2, 0.25) is 5.91 Å². The highest BCUT2D eigenvalue weighted by Gasteiger charge is 2.22. The van der Waals surface area contributed by atoms with Crippen LogP contribution in [0.3, 0.4) is 0 Å². The van der Waals surface area contributed by atoms with E-state index >= 15 is 0 Å². The van der Waals surface area contributed by atoms with Gasteiger partial charge in [0.05, 0.1) is 0 Å². The lowest BCUT2D eigenvalue weighted by molar-refractivity contribution is -0.122. The van der Waals surface area contributed by atoms with Crippen LogP contribution in [0.1, 0.15) is 53.4 Å². The Balaban J connectivity index is 2.30. The molecule has 0 aliphatic carbocycles. The summed E-state index contributed by atoms with van der Waals surface area (Å²) in [6.45, 7) is 12.7. The highest BCUT2D eigenvalue weighted by molar-refractivity contribution is 5.76. The van der Waals surface area contributed by atoms with Crippen LogP contribution in [0.5, 0.6) is 0 Å². The van der Waals surface area contributed by atoms with Gasteiger partial charge in [-0.25, -0.2) is 0 Å². The van der Waals surface area contributed by atoms with Crippen LogP contribution in [-0.2, 0) is 4.79 Å². The van der Waals surface area contributed by atoms with Gasteiger partial charge in [0.1, 0.15) is 0 Å². The quantitative estimate of drug-likeness (QED) is 0.716. The van der Waals surface area contributed by atoms with E-state index < -0.39 is 0 Å². The third-order valence-corrected chi connectivity index (χ3v) is 3.76. The molecule has 1 aliphatic heterocycles. The third kappa shape index (κ3) is 7.25. The minimum atomic E-state index is 0.180. The first kappa shape index (κ1) is 17.4. The molecule has 1 saturated heterocycles. The largest absolute Gasteiger partial charge is 0.354 e. The van der Waals surface area contributed by atoms with Crippen LogP contribution in [0.15, 0.2) is 0 Å². The third-order valence-electron chi connectivity index (χ3n) is 3.76. The first-order valence-corrected chi connectivity index (χ1v) is 8.23. The molecular formula is C16H33N3O. The zero-order valence-corrected chi connectivity index (χ0v) is 13.7. The van der Waals surface area contributed by atoms with Crippen molar-refractivity contribution in [1.82, 2.24) is 15.5 Å². The molecule has 2 N–H and O–H groups in total. The molecule has 0 aromatic carbocycles. The second-order valence-electron chi connectivity index (χ2n) is 6.71. The van der Waals surface area contributed by atoms with Crippen LogP contribution < -0.4 is 10.6 Å². The number of carbonyl (C=O) groups excluding carboxylic acids is 1. The number of hydrogen-bond donors (Lipinski definition) is 2. The lowest BCUT2D eigenvalue weighted by atomic mass is 10.0. The fraction of sp³-hybridized carbons (Fsp3) is 0.938. The summed E-state index contributed by atoms with van der Waals surface area (Å²) in [4.78, 5) is 14.2. The van der Waals surface area contributed by atoms with Gasteiger partial charge in [0.15, 0.2) is 0 Å². The number of nitrogens with one attached hydrogen (secondary N) is 2. The lowest BCUT2D eigenvalue weighted by Crippen LogP contribution is -2.47. The van der Waals surface area contributed by atoms with Crippen LogP contribution in [0.25, 0.3) is 0 Å². The Hall–Kier alpha value is -0.610. The van der Waals surface area contributed by atoms with Crippen molar-refractivity contribution >= 4 is 5.91 Å². The van der Waals surface area contributed by atoms with Crippen LogP contribution in [-0.4, -0.2) is 49.1 Å². The molecule has 1 aliphatic rings. The molecule has 4 nitrogen and oxygen atoms in total. The summed E-state index contributed by atoms with van der Waals surface area (Å²) >= 11 is 0. The van der Waals surface area contributed by atoms with Gasteiger partial charge in [-0.05, 0) is 45.7 Å². The van der Waals surface area contributed by atoms with Gasteiger partial charge in [-0.2, -0.15) is 0 Å². The van der Waals surface area contributed by atoms with Crippen molar-refractivity contribution in [3.05, 3.63) is 0 Å². The summed E-state index contributed by atoms with van der Waals surface area (Å²) in [6.07, 6.45) is 4.48. The van der Waals surface area contributed by atoms with Crippen LogP contribution in [0.4, 0.5) is 0 Å². The number of hydrogen-bond acceptors (Lipinski definition) is 3. The topological polar surface area (TPSA) is 44.4 Å². The zero-order chi connectivity index (χ0) is 15.0. The molecule has 118 valence electrons. The second kappa shape index (κ2) is 9.35. The Labute approximate surface area is 124 Å². The monoisotopic (exact) mass is 283 g/mol. The Kier molecular flexibility index (Phi) is 8.15. The molecule has 1 amide bonds. The normalized spacial score (nSPS) is 20.6. The van der Waals surface area contributed by atoms with E-state index in [1.165, 1.54) is 19.3 Å². The van der Waals surface area contributed by atoms with Gasteiger partial charge in [-0.15, -0.1) is 0 Å². The molecule has 0 saturated carbocycles. The van der Waals surface area contributed by atoms with Crippen molar-refractivity contribution in [2.24, 2.45) is 5.92 Å². The molecule has 20 heavy (non-hydrogen) atoms. The van der Waals surface area contributed by atoms with Crippen molar-refractivity contribution in [3.8, 4) is 0 Å². The van der Waals surface area contributed by atoms with Crippen molar-refractivity contribution in [2.75, 3.05) is 26.2 Å². The summed E-state index contributed by atoms with van der Waals surface area (Å²) in [7, 11) is 0. The van der Waals surface area contributed by atoms with Crippen molar-refractivity contribution < 1.29 is 4.79 Å². The second-order valence-corrected chi connectivity index (χ2v) is 6.71. The molecule has 1 unspecified atom stereocenters. The molecular weight excluding hydrogens is 250 g/mol. The van der Waals surface area contributed by atoms with E-state index in [2.05, 4.69) is 29.4 Å². The first-order valence-electron chi connectivity index (χ1n) is 8.23. The summed E-state index contributed by atoms with van der Waals surface area (Å²) in [5, 5.41) is 6.54. The Bertz CT molecular complexity index is 279. The van der Waals surface area contributed by atoms with E-state index in [4.69, 9.17) is 0 Å². The number of amides is 1. The van der Waals surface area contributed by atoms with Gasteiger partial charge >= 0.3 is 0 Å². The summed E-state index contributed by atoms with van der Waals surface area (Å²) < 4.78 is 0. The molecule has 1 atom stereocenters. The molecule has 0 aromatic rings. The number of carbonyl (C=O) groups is 1. The Morgan fingerprint density at radius 2 is 2.00 bits per heavy atom. The predicted molar refractivity (Wildman–Crippen MR) is 84.8 cm³/mol. The number of likely N-dealkylation sites (tertiary alicyclic amines) is 1. The Morgan fingerprint density at radius 3 is 2.65 bits per heavy atom. The molecule has 1 heterocycles. The molecule has 0 bridgehead atoms. The fourth-order valence-corrected chi connectivity index (χ4v) is 2.76. The van der Waals surface area contributed by atoms with E-state index in [0.717, 1.165) is 26.2 Å². The smallest absolute Gasteiger partial charge is 0.221 e. The lowest BCUT2D eigenvalue weighted by Gasteiger charge is -2.36. The highest BCUT2D eigenvalue weighted by Crippen LogP contribution is 2.16. The average Bonchev–Trinajstić information content (AvgIpc) is 2.36. The van der Waals surface area contributed by atoms with E-state index in [1.54, 1.807) is 0 Å². The fourth-order valence-electron chi connectivity index (χ4n) is 2.76. The predicted octanol–water partition coefficient (Wildman–Crippen LogP) is 2.00. The standard InChI is InChI=1S/C16H33N3O/c1-13(2)11-17-12-15-7-5-6-9-19(15)10-8-16(20)18-14(3)4/h13-15,17H,5-12H2,1-4H3,(H,18,20). The van der Waals surface area contributed by atoms with Gasteiger partial charge < -0.3 is 10.6 Å². The van der Waals surface area contributed by atoms with Crippen molar-refractivity contribution in [2.45, 2.75) is 65.5 Å². The number of piperidine rings is 1. The maximum atomic E-state index is 11.8. The van der Waals surface area contributed by atoms with Gasteiger partial charge in [0.25, 0.3) is 0 Å².